The van der Waals surface area contributed by atoms with Gasteiger partial charge in [0.15, 0.2) is 0 Å². The Morgan fingerprint density at radius 1 is 1.38 bits per heavy atom. The van der Waals surface area contributed by atoms with Crippen molar-refractivity contribution < 1.29 is 9.53 Å². The number of hydrogen-bond donors (Lipinski definition) is 2. The predicted molar refractivity (Wildman–Crippen MR) is 94.1 cm³/mol. The van der Waals surface area contributed by atoms with Crippen molar-refractivity contribution in [1.29, 1.82) is 0 Å². The summed E-state index contributed by atoms with van der Waals surface area (Å²) in [4.78, 5) is 14.0. The van der Waals surface area contributed by atoms with Crippen LogP contribution in [0, 0.1) is 6.92 Å². The number of nitrogens with zero attached hydrogens (tertiary/aromatic N) is 3. The Labute approximate surface area is 144 Å². The lowest BCUT2D eigenvalue weighted by Gasteiger charge is -2.32. The van der Waals surface area contributed by atoms with E-state index in [4.69, 9.17) is 4.74 Å². The number of methoxy groups -OCH3 is 1. The Balaban J connectivity index is 1.75. The molecule has 1 aromatic rings. The van der Waals surface area contributed by atoms with E-state index in [2.05, 4.69) is 27.6 Å². The summed E-state index contributed by atoms with van der Waals surface area (Å²) >= 11 is 0. The molecule has 0 radical (unpaired) electrons. The molecule has 0 aromatic carbocycles. The molecule has 0 atom stereocenters. The van der Waals surface area contributed by atoms with Crippen LogP contribution in [-0.4, -0.2) is 59.9 Å². The Morgan fingerprint density at radius 2 is 2.08 bits per heavy atom. The number of amides is 1. The first kappa shape index (κ1) is 18.7. The lowest BCUT2D eigenvalue weighted by atomic mass is 10.0. The first-order valence-corrected chi connectivity index (χ1v) is 8.84. The number of likely N-dealkylation sites (tertiary alicyclic amines) is 1. The van der Waals surface area contributed by atoms with Crippen LogP contribution < -0.4 is 15.4 Å². The summed E-state index contributed by atoms with van der Waals surface area (Å²) < 4.78 is 7.22. The molecule has 1 fully saturated rings. The van der Waals surface area contributed by atoms with Crippen LogP contribution >= 0.6 is 0 Å². The number of piperidine rings is 1. The third kappa shape index (κ3) is 4.95. The van der Waals surface area contributed by atoms with Crippen LogP contribution in [0.2, 0.25) is 0 Å². The van der Waals surface area contributed by atoms with Crippen molar-refractivity contribution in [2.45, 2.75) is 45.7 Å². The molecule has 2 heterocycles. The van der Waals surface area contributed by atoms with Gasteiger partial charge in [-0.15, -0.1) is 0 Å². The van der Waals surface area contributed by atoms with Gasteiger partial charge in [0.25, 0.3) is 0 Å². The van der Waals surface area contributed by atoms with Gasteiger partial charge < -0.3 is 15.4 Å². The molecule has 7 heteroatoms. The fourth-order valence-electron chi connectivity index (χ4n) is 3.20. The molecule has 0 unspecified atom stereocenters. The summed E-state index contributed by atoms with van der Waals surface area (Å²) in [5.41, 5.74) is 2.13. The SMILES string of the molecule is CCCNC(=O)CN1CCC(NCc2c(C)nn(C)c2OC)CC1. The Bertz CT molecular complexity index is 535. The number of aromatic nitrogens is 2. The summed E-state index contributed by atoms with van der Waals surface area (Å²) in [5, 5.41) is 11.0. The van der Waals surface area contributed by atoms with Crippen LogP contribution in [0.15, 0.2) is 0 Å². The number of nitrogens with one attached hydrogen (secondary N) is 2. The van der Waals surface area contributed by atoms with E-state index in [1.807, 2.05) is 14.0 Å². The van der Waals surface area contributed by atoms with E-state index in [1.54, 1.807) is 11.8 Å². The van der Waals surface area contributed by atoms with E-state index < -0.39 is 0 Å². The topological polar surface area (TPSA) is 71.4 Å². The zero-order valence-electron chi connectivity index (χ0n) is 15.4. The maximum absolute atomic E-state index is 11.8. The Morgan fingerprint density at radius 3 is 2.71 bits per heavy atom. The summed E-state index contributed by atoms with van der Waals surface area (Å²) in [6, 6.07) is 0.476. The summed E-state index contributed by atoms with van der Waals surface area (Å²) in [6.07, 6.45) is 3.10. The molecule has 24 heavy (non-hydrogen) atoms. The summed E-state index contributed by atoms with van der Waals surface area (Å²) in [7, 11) is 3.58. The van der Waals surface area contributed by atoms with Gasteiger partial charge in [0.05, 0.1) is 24.9 Å². The van der Waals surface area contributed by atoms with Crippen molar-refractivity contribution >= 4 is 5.91 Å². The van der Waals surface area contributed by atoms with Crippen LogP contribution in [0.5, 0.6) is 5.88 Å². The van der Waals surface area contributed by atoms with Gasteiger partial charge in [0, 0.05) is 39.3 Å². The Kier molecular flexibility index (Phi) is 7.05. The van der Waals surface area contributed by atoms with Gasteiger partial charge >= 0.3 is 0 Å². The molecule has 2 rings (SSSR count). The monoisotopic (exact) mass is 337 g/mol. The van der Waals surface area contributed by atoms with Crippen LogP contribution in [0.3, 0.4) is 0 Å². The molecule has 1 amide bonds. The minimum absolute atomic E-state index is 0.138. The highest BCUT2D eigenvalue weighted by atomic mass is 16.5. The average Bonchev–Trinajstić information content (AvgIpc) is 2.85. The normalized spacial score (nSPS) is 16.3. The van der Waals surface area contributed by atoms with Crippen molar-refractivity contribution in [3.8, 4) is 5.88 Å². The molecule has 1 aliphatic rings. The lowest BCUT2D eigenvalue weighted by molar-refractivity contribution is -0.122. The third-order valence-corrected chi connectivity index (χ3v) is 4.58. The number of rotatable bonds is 8. The van der Waals surface area contributed by atoms with E-state index in [0.717, 1.165) is 62.6 Å². The fourth-order valence-corrected chi connectivity index (χ4v) is 3.20. The average molecular weight is 337 g/mol. The minimum atomic E-state index is 0.138. The molecule has 1 aliphatic heterocycles. The predicted octanol–water partition coefficient (Wildman–Crippen LogP) is 0.817. The highest BCUT2D eigenvalue weighted by Crippen LogP contribution is 2.21. The van der Waals surface area contributed by atoms with Crippen molar-refractivity contribution in [3.05, 3.63) is 11.3 Å². The molecule has 0 aliphatic carbocycles. The molecule has 1 saturated heterocycles. The van der Waals surface area contributed by atoms with Crippen molar-refractivity contribution in [1.82, 2.24) is 25.3 Å². The maximum Gasteiger partial charge on any atom is 0.234 e. The first-order chi connectivity index (χ1) is 11.5. The smallest absolute Gasteiger partial charge is 0.234 e. The maximum atomic E-state index is 11.8. The number of carbonyl (C=O) groups is 1. The minimum Gasteiger partial charge on any atom is -0.481 e. The third-order valence-electron chi connectivity index (χ3n) is 4.58. The molecule has 1 aromatic heterocycles. The lowest BCUT2D eigenvalue weighted by Crippen LogP contribution is -2.46. The molecular formula is C17H31N5O2. The highest BCUT2D eigenvalue weighted by molar-refractivity contribution is 5.77. The second-order valence-corrected chi connectivity index (χ2v) is 6.48. The molecule has 2 N–H and O–H groups in total. The van der Waals surface area contributed by atoms with Crippen LogP contribution in [0.25, 0.3) is 0 Å². The van der Waals surface area contributed by atoms with Gasteiger partial charge in [-0.25, -0.2) is 4.68 Å². The fraction of sp³-hybridized carbons (Fsp3) is 0.765. The second-order valence-electron chi connectivity index (χ2n) is 6.48. The standard InChI is InChI=1S/C17H31N5O2/c1-5-8-18-16(23)12-22-9-6-14(7-10-22)19-11-15-13(2)20-21(3)17(15)24-4/h14,19H,5-12H2,1-4H3,(H,18,23). The largest absolute Gasteiger partial charge is 0.481 e. The van der Waals surface area contributed by atoms with Gasteiger partial charge in [-0.3, -0.25) is 9.69 Å². The number of hydrogen-bond acceptors (Lipinski definition) is 5. The van der Waals surface area contributed by atoms with Gasteiger partial charge in [-0.2, -0.15) is 5.10 Å². The quantitative estimate of drug-likeness (QED) is 0.735. The van der Waals surface area contributed by atoms with Crippen molar-refractivity contribution in [3.63, 3.8) is 0 Å². The summed E-state index contributed by atoms with van der Waals surface area (Å²) in [5.74, 6) is 0.962. The zero-order valence-corrected chi connectivity index (χ0v) is 15.4. The van der Waals surface area contributed by atoms with E-state index >= 15 is 0 Å². The molecule has 136 valence electrons. The summed E-state index contributed by atoms with van der Waals surface area (Å²) in [6.45, 7) is 8.05. The first-order valence-electron chi connectivity index (χ1n) is 8.84. The number of aryl methyl sites for hydroxylation is 2. The molecule has 0 bridgehead atoms. The van der Waals surface area contributed by atoms with Gasteiger partial charge in [-0.1, -0.05) is 6.92 Å². The van der Waals surface area contributed by atoms with E-state index in [-0.39, 0.29) is 5.91 Å². The van der Waals surface area contributed by atoms with Gasteiger partial charge in [0.1, 0.15) is 0 Å². The number of ether oxygens (including phenoxy) is 1. The van der Waals surface area contributed by atoms with Gasteiger partial charge in [0.2, 0.25) is 11.8 Å². The molecule has 7 nitrogen and oxygen atoms in total. The van der Waals surface area contributed by atoms with Crippen molar-refractivity contribution in [2.75, 3.05) is 33.3 Å². The number of carbonyl (C=O) groups excluding carboxylic acids is 1. The highest BCUT2D eigenvalue weighted by Gasteiger charge is 2.21. The molecule has 0 saturated carbocycles. The van der Waals surface area contributed by atoms with E-state index in [0.29, 0.717) is 12.6 Å². The Hall–Kier alpha value is -1.60. The van der Waals surface area contributed by atoms with E-state index in [9.17, 15) is 4.79 Å². The molecular weight excluding hydrogens is 306 g/mol. The zero-order chi connectivity index (χ0) is 17.5. The van der Waals surface area contributed by atoms with Crippen LogP contribution in [0.1, 0.15) is 37.4 Å². The van der Waals surface area contributed by atoms with E-state index in [1.165, 1.54) is 0 Å². The molecule has 0 spiro atoms. The second kappa shape index (κ2) is 9.03. The van der Waals surface area contributed by atoms with Crippen LogP contribution in [-0.2, 0) is 18.4 Å². The van der Waals surface area contributed by atoms with Gasteiger partial charge in [-0.05, 0) is 26.2 Å². The van der Waals surface area contributed by atoms with Crippen molar-refractivity contribution in [2.24, 2.45) is 7.05 Å². The van der Waals surface area contributed by atoms with Crippen LogP contribution in [0.4, 0.5) is 0 Å².